The molecule has 0 bridgehead atoms. The highest BCUT2D eigenvalue weighted by Gasteiger charge is 2.15. The maximum absolute atomic E-state index is 12.3. The molecule has 2 aromatic carbocycles. The van der Waals surface area contributed by atoms with Crippen LogP contribution in [0, 0.1) is 19.8 Å². The zero-order valence-corrected chi connectivity index (χ0v) is 15.4. The van der Waals surface area contributed by atoms with Crippen molar-refractivity contribution in [3.05, 3.63) is 53.6 Å². The summed E-state index contributed by atoms with van der Waals surface area (Å²) in [7, 11) is 0. The van der Waals surface area contributed by atoms with Crippen LogP contribution in [0.1, 0.15) is 18.1 Å². The summed E-state index contributed by atoms with van der Waals surface area (Å²) < 4.78 is 7.46. The summed E-state index contributed by atoms with van der Waals surface area (Å²) in [4.78, 5) is 12.3. The number of rotatable bonds is 7. The number of nitrogens with zero attached hydrogens (tertiary/aromatic N) is 3. The molecule has 26 heavy (non-hydrogen) atoms. The SMILES string of the molecule is Cc1ccc(OCCNC(=O)C(C)Cn2nnc3ccccc32)cc1C. The Balaban J connectivity index is 1.46. The Hall–Kier alpha value is -2.89. The number of para-hydroxylation sites is 1. The first kappa shape index (κ1) is 17.9. The number of hydrogen-bond donors (Lipinski definition) is 1. The van der Waals surface area contributed by atoms with E-state index >= 15 is 0 Å². The maximum atomic E-state index is 12.3. The molecule has 0 fully saturated rings. The number of aryl methyl sites for hydroxylation is 2. The summed E-state index contributed by atoms with van der Waals surface area (Å²) in [6.07, 6.45) is 0. The second-order valence-electron chi connectivity index (χ2n) is 6.55. The zero-order valence-electron chi connectivity index (χ0n) is 15.4. The molecule has 6 nitrogen and oxygen atoms in total. The lowest BCUT2D eigenvalue weighted by molar-refractivity contribution is -0.125. The molecule has 0 aliphatic heterocycles. The third-order valence-corrected chi connectivity index (χ3v) is 4.46. The van der Waals surface area contributed by atoms with Crippen molar-refractivity contribution >= 4 is 16.9 Å². The van der Waals surface area contributed by atoms with Gasteiger partial charge in [-0.2, -0.15) is 0 Å². The van der Waals surface area contributed by atoms with Crippen LogP contribution in [-0.4, -0.2) is 34.1 Å². The Labute approximate surface area is 153 Å². The summed E-state index contributed by atoms with van der Waals surface area (Å²) in [5, 5.41) is 11.2. The summed E-state index contributed by atoms with van der Waals surface area (Å²) in [5.41, 5.74) is 4.20. The van der Waals surface area contributed by atoms with Gasteiger partial charge in [-0.3, -0.25) is 4.79 Å². The van der Waals surface area contributed by atoms with Crippen molar-refractivity contribution in [3.63, 3.8) is 0 Å². The van der Waals surface area contributed by atoms with E-state index in [9.17, 15) is 4.79 Å². The van der Waals surface area contributed by atoms with Crippen LogP contribution in [0.15, 0.2) is 42.5 Å². The third-order valence-electron chi connectivity index (χ3n) is 4.46. The molecule has 0 radical (unpaired) electrons. The van der Waals surface area contributed by atoms with Gasteiger partial charge in [-0.05, 0) is 49.2 Å². The predicted octanol–water partition coefficient (Wildman–Crippen LogP) is 2.88. The second kappa shape index (κ2) is 7.99. The van der Waals surface area contributed by atoms with Gasteiger partial charge in [0.05, 0.1) is 24.5 Å². The first-order valence-electron chi connectivity index (χ1n) is 8.80. The zero-order chi connectivity index (χ0) is 18.5. The maximum Gasteiger partial charge on any atom is 0.224 e. The van der Waals surface area contributed by atoms with Crippen LogP contribution >= 0.6 is 0 Å². The highest BCUT2D eigenvalue weighted by atomic mass is 16.5. The highest BCUT2D eigenvalue weighted by Crippen LogP contribution is 2.16. The van der Waals surface area contributed by atoms with E-state index in [4.69, 9.17) is 4.74 Å². The number of nitrogens with one attached hydrogen (secondary N) is 1. The fourth-order valence-corrected chi connectivity index (χ4v) is 2.72. The molecule has 0 aliphatic rings. The predicted molar refractivity (Wildman–Crippen MR) is 101 cm³/mol. The molecule has 1 aromatic heterocycles. The van der Waals surface area contributed by atoms with Crippen LogP contribution in [0.25, 0.3) is 11.0 Å². The molecule has 1 unspecified atom stereocenters. The van der Waals surface area contributed by atoms with Gasteiger partial charge in [0.2, 0.25) is 5.91 Å². The Kier molecular flexibility index (Phi) is 5.51. The Morgan fingerprint density at radius 2 is 2.00 bits per heavy atom. The highest BCUT2D eigenvalue weighted by molar-refractivity contribution is 5.79. The molecule has 1 heterocycles. The normalized spacial score (nSPS) is 12.1. The topological polar surface area (TPSA) is 69.0 Å². The van der Waals surface area contributed by atoms with Crippen molar-refractivity contribution in [2.75, 3.05) is 13.2 Å². The quantitative estimate of drug-likeness (QED) is 0.664. The average molecular weight is 352 g/mol. The van der Waals surface area contributed by atoms with Gasteiger partial charge >= 0.3 is 0 Å². The molecule has 0 aliphatic carbocycles. The molecule has 6 heteroatoms. The molecular formula is C20H24N4O2. The Bertz CT molecular complexity index is 904. The standard InChI is InChI=1S/C20H24N4O2/c1-14-8-9-17(12-15(14)2)26-11-10-21-20(25)16(3)13-24-19-7-5-4-6-18(19)22-23-24/h4-9,12,16H,10-11,13H2,1-3H3,(H,21,25). The van der Waals surface area contributed by atoms with Gasteiger partial charge in [0.15, 0.2) is 0 Å². The van der Waals surface area contributed by atoms with Crippen LogP contribution in [0.2, 0.25) is 0 Å². The molecule has 136 valence electrons. The largest absolute Gasteiger partial charge is 0.492 e. The summed E-state index contributed by atoms with van der Waals surface area (Å²) in [5.74, 6) is 0.597. The number of aromatic nitrogens is 3. The van der Waals surface area contributed by atoms with E-state index in [-0.39, 0.29) is 11.8 Å². The van der Waals surface area contributed by atoms with Gasteiger partial charge < -0.3 is 10.1 Å². The third kappa shape index (κ3) is 4.20. The first-order valence-corrected chi connectivity index (χ1v) is 8.80. The van der Waals surface area contributed by atoms with Crippen LogP contribution < -0.4 is 10.1 Å². The molecule has 0 spiro atoms. The molecule has 1 atom stereocenters. The fraction of sp³-hybridized carbons (Fsp3) is 0.350. The van der Waals surface area contributed by atoms with Gasteiger partial charge in [0, 0.05) is 0 Å². The van der Waals surface area contributed by atoms with E-state index in [1.54, 1.807) is 4.68 Å². The van der Waals surface area contributed by atoms with Gasteiger partial charge in [-0.1, -0.05) is 30.3 Å². The van der Waals surface area contributed by atoms with Gasteiger partial charge in [0.1, 0.15) is 17.9 Å². The lowest BCUT2D eigenvalue weighted by Crippen LogP contribution is -2.34. The minimum atomic E-state index is -0.207. The fourth-order valence-electron chi connectivity index (χ4n) is 2.72. The summed E-state index contributed by atoms with van der Waals surface area (Å²) in [6.45, 7) is 7.40. The van der Waals surface area contributed by atoms with E-state index < -0.39 is 0 Å². The summed E-state index contributed by atoms with van der Waals surface area (Å²) in [6, 6.07) is 13.7. The number of carbonyl (C=O) groups is 1. The molecular weight excluding hydrogens is 328 g/mol. The van der Waals surface area contributed by atoms with Gasteiger partial charge in [0.25, 0.3) is 0 Å². The van der Waals surface area contributed by atoms with E-state index in [2.05, 4.69) is 29.5 Å². The first-order chi connectivity index (χ1) is 12.5. The van der Waals surface area contributed by atoms with E-state index in [0.717, 1.165) is 16.8 Å². The number of benzene rings is 2. The lowest BCUT2D eigenvalue weighted by Gasteiger charge is -2.13. The van der Waals surface area contributed by atoms with Crippen molar-refractivity contribution in [2.24, 2.45) is 5.92 Å². The van der Waals surface area contributed by atoms with E-state index in [1.165, 1.54) is 11.1 Å². The lowest BCUT2D eigenvalue weighted by atomic mass is 10.1. The number of hydrogen-bond acceptors (Lipinski definition) is 4. The number of carbonyl (C=O) groups excluding carboxylic acids is 1. The van der Waals surface area contributed by atoms with E-state index in [1.807, 2.05) is 49.4 Å². The van der Waals surface area contributed by atoms with Gasteiger partial charge in [-0.15, -0.1) is 5.10 Å². The monoisotopic (exact) mass is 352 g/mol. The molecule has 3 rings (SSSR count). The molecule has 3 aromatic rings. The minimum absolute atomic E-state index is 0.0201. The minimum Gasteiger partial charge on any atom is -0.492 e. The smallest absolute Gasteiger partial charge is 0.224 e. The Morgan fingerprint density at radius 1 is 1.19 bits per heavy atom. The van der Waals surface area contributed by atoms with Crippen molar-refractivity contribution < 1.29 is 9.53 Å². The number of ether oxygens (including phenoxy) is 1. The van der Waals surface area contributed by atoms with Crippen LogP contribution in [-0.2, 0) is 11.3 Å². The number of fused-ring (bicyclic) bond motifs is 1. The average Bonchev–Trinajstić information content (AvgIpc) is 3.04. The van der Waals surface area contributed by atoms with Crippen molar-refractivity contribution in [1.82, 2.24) is 20.3 Å². The van der Waals surface area contributed by atoms with Gasteiger partial charge in [-0.25, -0.2) is 4.68 Å². The number of amides is 1. The molecule has 0 saturated carbocycles. The molecule has 0 saturated heterocycles. The van der Waals surface area contributed by atoms with Crippen LogP contribution in [0.3, 0.4) is 0 Å². The molecule has 1 amide bonds. The molecule has 1 N–H and O–H groups in total. The van der Waals surface area contributed by atoms with Crippen LogP contribution in [0.5, 0.6) is 5.75 Å². The van der Waals surface area contributed by atoms with Crippen molar-refractivity contribution in [1.29, 1.82) is 0 Å². The van der Waals surface area contributed by atoms with Crippen molar-refractivity contribution in [2.45, 2.75) is 27.3 Å². The second-order valence-corrected chi connectivity index (χ2v) is 6.55. The van der Waals surface area contributed by atoms with E-state index in [0.29, 0.717) is 19.7 Å². The van der Waals surface area contributed by atoms with Crippen molar-refractivity contribution in [3.8, 4) is 5.75 Å². The summed E-state index contributed by atoms with van der Waals surface area (Å²) >= 11 is 0. The van der Waals surface area contributed by atoms with Crippen LogP contribution in [0.4, 0.5) is 0 Å². The Morgan fingerprint density at radius 3 is 2.81 bits per heavy atom.